The van der Waals surface area contributed by atoms with Crippen molar-refractivity contribution >= 4 is 12.2 Å². The molecule has 1 saturated heterocycles. The van der Waals surface area contributed by atoms with Gasteiger partial charge in [0.2, 0.25) is 5.82 Å². The number of aromatic nitrogens is 2. The molecule has 21 heavy (non-hydrogen) atoms. The number of ether oxygens (including phenoxy) is 1. The standard InChI is InChI=1S/C10H9F5N2O3S/c11-5-2-17(8(21)16-6(5)19)7-9(12,10(13,14)15)1-4(3-18)20-7/h2,4,7,18H,1,3H2,(H,16,19,21)/t4-,7+,9+/m0/s1. The van der Waals surface area contributed by atoms with E-state index in [1.54, 1.807) is 4.98 Å². The molecule has 11 heteroatoms. The largest absolute Gasteiger partial charge is 0.427 e. The molecule has 0 spiro atoms. The van der Waals surface area contributed by atoms with Crippen LogP contribution in [0.1, 0.15) is 12.6 Å². The minimum atomic E-state index is -5.33. The van der Waals surface area contributed by atoms with Gasteiger partial charge >= 0.3 is 6.18 Å². The number of halogens is 5. The van der Waals surface area contributed by atoms with E-state index in [1.807, 2.05) is 0 Å². The number of hydrogen-bond donors (Lipinski definition) is 2. The summed E-state index contributed by atoms with van der Waals surface area (Å²) in [5.74, 6) is -1.44. The van der Waals surface area contributed by atoms with Gasteiger partial charge < -0.3 is 9.84 Å². The Hall–Kier alpha value is -1.33. The number of nitrogens with one attached hydrogen (secondary N) is 1. The van der Waals surface area contributed by atoms with Gasteiger partial charge in [0.15, 0.2) is 11.0 Å². The zero-order chi connectivity index (χ0) is 16.0. The summed E-state index contributed by atoms with van der Waals surface area (Å²) in [6.45, 7) is -0.850. The normalized spacial score (nSPS) is 29.8. The molecule has 5 nitrogen and oxygen atoms in total. The van der Waals surface area contributed by atoms with Gasteiger partial charge in [-0.25, -0.2) is 4.39 Å². The molecule has 1 aromatic rings. The summed E-state index contributed by atoms with van der Waals surface area (Å²) < 4.78 is 70.9. The lowest BCUT2D eigenvalue weighted by molar-refractivity contribution is -0.256. The lowest BCUT2D eigenvalue weighted by Crippen LogP contribution is -2.46. The van der Waals surface area contributed by atoms with Gasteiger partial charge in [-0.3, -0.25) is 14.3 Å². The summed E-state index contributed by atoms with van der Waals surface area (Å²) in [5, 5.41) is 8.87. The highest BCUT2D eigenvalue weighted by molar-refractivity contribution is 7.71. The van der Waals surface area contributed by atoms with Crippen LogP contribution in [-0.4, -0.2) is 39.2 Å². The van der Waals surface area contributed by atoms with Crippen molar-refractivity contribution in [1.29, 1.82) is 0 Å². The molecular weight excluding hydrogens is 323 g/mol. The zero-order valence-corrected chi connectivity index (χ0v) is 11.0. The molecule has 1 fully saturated rings. The van der Waals surface area contributed by atoms with Crippen molar-refractivity contribution in [3.8, 4) is 0 Å². The fourth-order valence-corrected chi connectivity index (χ4v) is 2.30. The number of alkyl halides is 4. The molecule has 118 valence electrons. The highest BCUT2D eigenvalue weighted by Crippen LogP contribution is 2.51. The third-order valence-electron chi connectivity index (χ3n) is 3.09. The van der Waals surface area contributed by atoms with Crippen LogP contribution in [0.4, 0.5) is 22.0 Å². The average Bonchev–Trinajstić information content (AvgIpc) is 2.72. The first-order chi connectivity index (χ1) is 9.60. The van der Waals surface area contributed by atoms with Crippen LogP contribution in [0.15, 0.2) is 11.0 Å². The Morgan fingerprint density at radius 1 is 1.57 bits per heavy atom. The van der Waals surface area contributed by atoms with Crippen LogP contribution in [0.5, 0.6) is 0 Å². The fourth-order valence-electron chi connectivity index (χ4n) is 2.05. The summed E-state index contributed by atoms with van der Waals surface area (Å²) in [6, 6.07) is 0. The third kappa shape index (κ3) is 2.60. The van der Waals surface area contributed by atoms with Crippen LogP contribution in [0.2, 0.25) is 0 Å². The van der Waals surface area contributed by atoms with Crippen molar-refractivity contribution in [3.63, 3.8) is 0 Å². The van der Waals surface area contributed by atoms with Crippen molar-refractivity contribution in [2.45, 2.75) is 30.6 Å². The molecule has 0 aliphatic carbocycles. The maximum atomic E-state index is 14.4. The van der Waals surface area contributed by atoms with Gasteiger partial charge in [-0.1, -0.05) is 0 Å². The number of aliphatic hydroxyl groups excluding tert-OH is 1. The van der Waals surface area contributed by atoms with E-state index in [0.717, 1.165) is 0 Å². The fraction of sp³-hybridized carbons (Fsp3) is 0.600. The van der Waals surface area contributed by atoms with Crippen molar-refractivity contribution in [1.82, 2.24) is 9.55 Å². The summed E-state index contributed by atoms with van der Waals surface area (Å²) in [6.07, 6.45) is -9.93. The molecule has 3 atom stereocenters. The van der Waals surface area contributed by atoms with E-state index in [4.69, 9.17) is 9.84 Å². The highest BCUT2D eigenvalue weighted by atomic mass is 32.1. The van der Waals surface area contributed by atoms with Gasteiger partial charge in [0.25, 0.3) is 11.2 Å². The second-order valence-electron chi connectivity index (χ2n) is 4.50. The first-order valence-corrected chi connectivity index (χ1v) is 6.04. The number of aliphatic hydroxyl groups is 1. The topological polar surface area (TPSA) is 67.2 Å². The zero-order valence-electron chi connectivity index (χ0n) is 10.2. The summed E-state index contributed by atoms with van der Waals surface area (Å²) in [7, 11) is 0. The first-order valence-electron chi connectivity index (χ1n) is 5.63. The molecule has 1 aliphatic heterocycles. The maximum absolute atomic E-state index is 14.4. The monoisotopic (exact) mass is 332 g/mol. The highest BCUT2D eigenvalue weighted by Gasteiger charge is 2.67. The van der Waals surface area contributed by atoms with Gasteiger partial charge in [-0.2, -0.15) is 17.6 Å². The SMILES string of the molecule is O=c1[nH]c(=S)n([C@@H]2O[C@H](CO)C[C@]2(F)C(F)(F)F)cc1F. The molecule has 0 saturated carbocycles. The van der Waals surface area contributed by atoms with E-state index in [2.05, 4.69) is 12.2 Å². The van der Waals surface area contributed by atoms with Gasteiger partial charge in [0, 0.05) is 6.42 Å². The molecular formula is C10H9F5N2O3S. The molecule has 0 amide bonds. The molecule has 2 N–H and O–H groups in total. The summed E-state index contributed by atoms with van der Waals surface area (Å²) in [5.41, 5.74) is -5.12. The van der Waals surface area contributed by atoms with Crippen LogP contribution in [-0.2, 0) is 4.74 Å². The molecule has 0 unspecified atom stereocenters. The Morgan fingerprint density at radius 2 is 2.19 bits per heavy atom. The van der Waals surface area contributed by atoms with Crippen molar-refractivity contribution in [2.75, 3.05) is 6.61 Å². The molecule has 2 rings (SSSR count). The number of aromatic amines is 1. The number of H-pyrrole nitrogens is 1. The van der Waals surface area contributed by atoms with E-state index >= 15 is 0 Å². The Kier molecular flexibility index (Phi) is 3.93. The van der Waals surface area contributed by atoms with Gasteiger partial charge in [0.05, 0.1) is 18.9 Å². The first kappa shape index (κ1) is 16.0. The van der Waals surface area contributed by atoms with Crippen molar-refractivity contribution in [2.24, 2.45) is 0 Å². The Bertz CT molecular complexity index is 657. The van der Waals surface area contributed by atoms with E-state index in [-0.39, 0.29) is 0 Å². The minimum Gasteiger partial charge on any atom is -0.394 e. The van der Waals surface area contributed by atoms with E-state index in [9.17, 15) is 26.7 Å². The van der Waals surface area contributed by atoms with Crippen LogP contribution < -0.4 is 5.56 Å². The summed E-state index contributed by atoms with van der Waals surface area (Å²) in [4.78, 5) is 12.8. The number of rotatable bonds is 2. The molecule has 0 aromatic carbocycles. The van der Waals surface area contributed by atoms with E-state index in [1.165, 1.54) is 0 Å². The van der Waals surface area contributed by atoms with Gasteiger partial charge in [-0.05, 0) is 12.2 Å². The molecule has 1 aliphatic rings. The second-order valence-corrected chi connectivity index (χ2v) is 4.89. The van der Waals surface area contributed by atoms with E-state index < -0.39 is 53.4 Å². The van der Waals surface area contributed by atoms with Crippen LogP contribution in [0.3, 0.4) is 0 Å². The molecule has 1 aromatic heterocycles. The number of hydrogen-bond acceptors (Lipinski definition) is 4. The second kappa shape index (κ2) is 5.14. The predicted molar refractivity (Wildman–Crippen MR) is 61.4 cm³/mol. The number of nitrogens with zero attached hydrogens (tertiary/aromatic N) is 1. The summed E-state index contributed by atoms with van der Waals surface area (Å²) >= 11 is 4.60. The maximum Gasteiger partial charge on any atom is 0.427 e. The molecule has 2 heterocycles. The quantitative estimate of drug-likeness (QED) is 0.638. The molecule has 0 bridgehead atoms. The Labute approximate surface area is 119 Å². The third-order valence-corrected chi connectivity index (χ3v) is 3.40. The smallest absolute Gasteiger partial charge is 0.394 e. The average molecular weight is 332 g/mol. The predicted octanol–water partition coefficient (Wildman–Crippen LogP) is 1.60. The molecule has 0 radical (unpaired) electrons. The van der Waals surface area contributed by atoms with Crippen molar-refractivity contribution < 1.29 is 31.8 Å². The lowest BCUT2D eigenvalue weighted by atomic mass is 9.99. The van der Waals surface area contributed by atoms with Crippen molar-refractivity contribution in [3.05, 3.63) is 27.1 Å². The Morgan fingerprint density at radius 3 is 2.71 bits per heavy atom. The van der Waals surface area contributed by atoms with Gasteiger partial charge in [0.1, 0.15) is 0 Å². The minimum absolute atomic E-state index is 0.339. The van der Waals surface area contributed by atoms with E-state index in [0.29, 0.717) is 10.8 Å². The van der Waals surface area contributed by atoms with Crippen LogP contribution in [0, 0.1) is 10.6 Å². The Balaban J connectivity index is 2.58. The van der Waals surface area contributed by atoms with Crippen LogP contribution in [0.25, 0.3) is 0 Å². The lowest BCUT2D eigenvalue weighted by Gasteiger charge is -2.29. The van der Waals surface area contributed by atoms with Crippen LogP contribution >= 0.6 is 12.2 Å². The van der Waals surface area contributed by atoms with Gasteiger partial charge in [-0.15, -0.1) is 0 Å².